The van der Waals surface area contributed by atoms with E-state index in [9.17, 15) is 0 Å². The number of nitrogens with zero attached hydrogens (tertiary/aromatic N) is 2. The Balaban J connectivity index is 2.21. The molecule has 0 unspecified atom stereocenters. The van der Waals surface area contributed by atoms with E-state index in [-0.39, 0.29) is 0 Å². The average Bonchev–Trinajstić information content (AvgIpc) is 2.75. The maximum atomic E-state index is 5.97. The molecule has 0 aliphatic heterocycles. The van der Waals surface area contributed by atoms with E-state index >= 15 is 0 Å². The Labute approximate surface area is 124 Å². The molecule has 0 aliphatic carbocycles. The van der Waals surface area contributed by atoms with E-state index in [2.05, 4.69) is 5.10 Å². The van der Waals surface area contributed by atoms with Gasteiger partial charge in [0, 0.05) is 12.6 Å². The lowest BCUT2D eigenvalue weighted by Crippen LogP contribution is -2.05. The number of rotatable bonds is 6. The van der Waals surface area contributed by atoms with E-state index in [0.717, 1.165) is 22.7 Å². The van der Waals surface area contributed by atoms with Gasteiger partial charge in [0.25, 0.3) is 0 Å². The second-order valence-electron chi connectivity index (χ2n) is 4.50. The third-order valence-corrected chi connectivity index (χ3v) is 3.26. The van der Waals surface area contributed by atoms with Crippen molar-refractivity contribution in [3.8, 4) is 11.5 Å². The van der Waals surface area contributed by atoms with Crippen LogP contribution in [0.25, 0.3) is 0 Å². The van der Waals surface area contributed by atoms with Crippen LogP contribution in [0.1, 0.15) is 23.9 Å². The third-order valence-electron chi connectivity index (χ3n) is 2.97. The molecule has 2 aromatic rings. The molecule has 1 aromatic heterocycles. The van der Waals surface area contributed by atoms with Gasteiger partial charge in [-0.1, -0.05) is 12.1 Å². The molecule has 5 heteroatoms. The summed E-state index contributed by atoms with van der Waals surface area (Å²) in [6.45, 7) is 4.93. The summed E-state index contributed by atoms with van der Waals surface area (Å²) in [5.41, 5.74) is 2.91. The van der Waals surface area contributed by atoms with Gasteiger partial charge in [0.2, 0.25) is 0 Å². The van der Waals surface area contributed by atoms with E-state index in [1.807, 2.05) is 49.8 Å². The summed E-state index contributed by atoms with van der Waals surface area (Å²) >= 11 is 5.97. The fourth-order valence-electron chi connectivity index (χ4n) is 2.04. The second-order valence-corrected chi connectivity index (χ2v) is 4.77. The summed E-state index contributed by atoms with van der Waals surface area (Å²) in [4.78, 5) is 0. The standard InChI is InChI=1S/C15H19ClN2O2/c1-4-19-14-7-5-6-12(9-16)15(14)20-10-13-8-11(2)17-18(13)3/h5-8H,4,9-10H2,1-3H3. The van der Waals surface area contributed by atoms with Crippen LogP contribution in [0.15, 0.2) is 24.3 Å². The lowest BCUT2D eigenvalue weighted by atomic mass is 10.2. The summed E-state index contributed by atoms with van der Waals surface area (Å²) in [5, 5.41) is 4.30. The minimum atomic E-state index is 0.390. The maximum Gasteiger partial charge on any atom is 0.166 e. The Hall–Kier alpha value is -1.68. The molecule has 20 heavy (non-hydrogen) atoms. The van der Waals surface area contributed by atoms with Gasteiger partial charge in [0.05, 0.1) is 23.9 Å². The van der Waals surface area contributed by atoms with Crippen molar-refractivity contribution >= 4 is 11.6 Å². The topological polar surface area (TPSA) is 36.3 Å². The third kappa shape index (κ3) is 3.25. The van der Waals surface area contributed by atoms with Crippen LogP contribution in [0.3, 0.4) is 0 Å². The first kappa shape index (κ1) is 14.7. The highest BCUT2D eigenvalue weighted by molar-refractivity contribution is 6.17. The van der Waals surface area contributed by atoms with Crippen molar-refractivity contribution in [1.82, 2.24) is 9.78 Å². The van der Waals surface area contributed by atoms with Gasteiger partial charge < -0.3 is 9.47 Å². The molecule has 4 nitrogen and oxygen atoms in total. The fraction of sp³-hybridized carbons (Fsp3) is 0.400. The van der Waals surface area contributed by atoms with Gasteiger partial charge in [-0.2, -0.15) is 5.10 Å². The van der Waals surface area contributed by atoms with Crippen molar-refractivity contribution in [2.75, 3.05) is 6.61 Å². The predicted octanol–water partition coefficient (Wildman–Crippen LogP) is 3.45. The van der Waals surface area contributed by atoms with Crippen LogP contribution in [0, 0.1) is 6.92 Å². The highest BCUT2D eigenvalue weighted by atomic mass is 35.5. The predicted molar refractivity (Wildman–Crippen MR) is 79.4 cm³/mol. The van der Waals surface area contributed by atoms with Gasteiger partial charge in [0.1, 0.15) is 6.61 Å². The van der Waals surface area contributed by atoms with Crippen LogP contribution in [0.4, 0.5) is 0 Å². The van der Waals surface area contributed by atoms with Gasteiger partial charge in [-0.15, -0.1) is 11.6 Å². The largest absolute Gasteiger partial charge is 0.490 e. The minimum absolute atomic E-state index is 0.390. The van der Waals surface area contributed by atoms with E-state index in [1.165, 1.54) is 0 Å². The molecular formula is C15H19ClN2O2. The second kappa shape index (κ2) is 6.66. The van der Waals surface area contributed by atoms with Crippen molar-refractivity contribution in [3.05, 3.63) is 41.2 Å². The molecule has 0 saturated carbocycles. The number of aryl methyl sites for hydroxylation is 2. The first-order valence-electron chi connectivity index (χ1n) is 6.58. The SMILES string of the molecule is CCOc1cccc(CCl)c1OCc1cc(C)nn1C. The first-order chi connectivity index (χ1) is 9.65. The molecule has 1 heterocycles. The smallest absolute Gasteiger partial charge is 0.166 e. The number of benzene rings is 1. The van der Waals surface area contributed by atoms with E-state index in [4.69, 9.17) is 21.1 Å². The number of aromatic nitrogens is 2. The molecule has 0 radical (unpaired) electrons. The average molecular weight is 295 g/mol. The maximum absolute atomic E-state index is 5.97. The summed E-state index contributed by atoms with van der Waals surface area (Å²) < 4.78 is 13.3. The van der Waals surface area contributed by atoms with Crippen LogP contribution in [-0.4, -0.2) is 16.4 Å². The van der Waals surface area contributed by atoms with Crippen molar-refractivity contribution in [2.45, 2.75) is 26.3 Å². The molecule has 2 rings (SSSR count). The molecule has 0 amide bonds. The lowest BCUT2D eigenvalue weighted by molar-refractivity contribution is 0.261. The Morgan fingerprint density at radius 2 is 2.10 bits per heavy atom. The summed E-state index contributed by atoms with van der Waals surface area (Å²) in [6.07, 6.45) is 0. The lowest BCUT2D eigenvalue weighted by Gasteiger charge is -2.14. The zero-order valence-electron chi connectivity index (χ0n) is 12.0. The summed E-state index contributed by atoms with van der Waals surface area (Å²) in [7, 11) is 1.91. The Morgan fingerprint density at radius 1 is 1.30 bits per heavy atom. The van der Waals surface area contributed by atoms with Crippen LogP contribution in [0.2, 0.25) is 0 Å². The zero-order valence-corrected chi connectivity index (χ0v) is 12.8. The van der Waals surface area contributed by atoms with Crippen molar-refractivity contribution < 1.29 is 9.47 Å². The molecule has 0 spiro atoms. The first-order valence-corrected chi connectivity index (χ1v) is 7.12. The summed E-state index contributed by atoms with van der Waals surface area (Å²) in [6, 6.07) is 7.76. The number of halogens is 1. The minimum Gasteiger partial charge on any atom is -0.490 e. The number of alkyl halides is 1. The normalized spacial score (nSPS) is 10.6. The van der Waals surface area contributed by atoms with Gasteiger partial charge in [0.15, 0.2) is 11.5 Å². The van der Waals surface area contributed by atoms with Crippen LogP contribution in [-0.2, 0) is 19.5 Å². The summed E-state index contributed by atoms with van der Waals surface area (Å²) in [5.74, 6) is 1.83. The molecule has 0 N–H and O–H groups in total. The van der Waals surface area contributed by atoms with Gasteiger partial charge >= 0.3 is 0 Å². The van der Waals surface area contributed by atoms with Crippen LogP contribution >= 0.6 is 11.6 Å². The zero-order chi connectivity index (χ0) is 14.5. The highest BCUT2D eigenvalue weighted by Crippen LogP contribution is 2.33. The van der Waals surface area contributed by atoms with Crippen molar-refractivity contribution in [2.24, 2.45) is 7.05 Å². The number of ether oxygens (including phenoxy) is 2. The van der Waals surface area contributed by atoms with Crippen LogP contribution < -0.4 is 9.47 Å². The number of hydrogen-bond donors (Lipinski definition) is 0. The fourth-order valence-corrected chi connectivity index (χ4v) is 2.26. The Bertz CT molecular complexity index is 581. The van der Waals surface area contributed by atoms with E-state index in [0.29, 0.717) is 24.8 Å². The van der Waals surface area contributed by atoms with Gasteiger partial charge in [-0.3, -0.25) is 4.68 Å². The van der Waals surface area contributed by atoms with Crippen molar-refractivity contribution in [1.29, 1.82) is 0 Å². The molecule has 0 fully saturated rings. The molecule has 0 aliphatic rings. The monoisotopic (exact) mass is 294 g/mol. The van der Waals surface area contributed by atoms with Gasteiger partial charge in [-0.25, -0.2) is 0 Å². The molecule has 0 bridgehead atoms. The Morgan fingerprint density at radius 3 is 2.70 bits per heavy atom. The molecule has 0 saturated heterocycles. The Kier molecular flexibility index (Phi) is 4.90. The molecule has 1 aromatic carbocycles. The number of hydrogen-bond acceptors (Lipinski definition) is 3. The molecule has 108 valence electrons. The molecular weight excluding hydrogens is 276 g/mol. The van der Waals surface area contributed by atoms with E-state index in [1.54, 1.807) is 0 Å². The highest BCUT2D eigenvalue weighted by Gasteiger charge is 2.12. The molecule has 0 atom stereocenters. The van der Waals surface area contributed by atoms with Gasteiger partial charge in [-0.05, 0) is 26.0 Å². The quantitative estimate of drug-likeness (QED) is 0.766. The van der Waals surface area contributed by atoms with Crippen molar-refractivity contribution in [3.63, 3.8) is 0 Å². The van der Waals surface area contributed by atoms with Crippen LogP contribution in [0.5, 0.6) is 11.5 Å². The number of para-hydroxylation sites is 1. The van der Waals surface area contributed by atoms with E-state index < -0.39 is 0 Å².